The number of likely N-dealkylation sites (tertiary alicyclic amines) is 1. The number of aliphatic hydroxyl groups is 1. The fourth-order valence-corrected chi connectivity index (χ4v) is 3.59. The van der Waals surface area contributed by atoms with E-state index in [4.69, 9.17) is 0 Å². The van der Waals surface area contributed by atoms with Crippen LogP contribution in [-0.2, 0) is 9.59 Å². The second-order valence-electron chi connectivity index (χ2n) is 7.24. The molecule has 0 radical (unpaired) electrons. The lowest BCUT2D eigenvalue weighted by Gasteiger charge is -2.25. The molecule has 1 aliphatic heterocycles. The highest BCUT2D eigenvalue weighted by molar-refractivity contribution is 6.46. The number of aliphatic hydroxyl groups excluding tert-OH is 1. The predicted octanol–water partition coefficient (Wildman–Crippen LogP) is 1.79. The van der Waals surface area contributed by atoms with Gasteiger partial charge in [-0.15, -0.1) is 0 Å². The molecule has 0 bridgehead atoms. The van der Waals surface area contributed by atoms with E-state index in [1.54, 1.807) is 38.4 Å². The van der Waals surface area contributed by atoms with Gasteiger partial charge in [-0.05, 0) is 58.6 Å². The van der Waals surface area contributed by atoms with Gasteiger partial charge >= 0.3 is 0 Å². The lowest BCUT2D eigenvalue weighted by atomic mass is 9.95. The van der Waals surface area contributed by atoms with Crippen LogP contribution in [0.15, 0.2) is 30.1 Å². The number of aromatic amines is 1. The van der Waals surface area contributed by atoms with E-state index in [9.17, 15) is 14.7 Å². The highest BCUT2D eigenvalue weighted by Gasteiger charge is 2.46. The summed E-state index contributed by atoms with van der Waals surface area (Å²) < 4.78 is 0. The molecule has 1 fully saturated rings. The molecule has 2 aromatic rings. The molecule has 8 nitrogen and oxygen atoms in total. The average molecular weight is 383 g/mol. The summed E-state index contributed by atoms with van der Waals surface area (Å²) in [6.07, 6.45) is 3.94. The van der Waals surface area contributed by atoms with Gasteiger partial charge < -0.3 is 14.9 Å². The van der Waals surface area contributed by atoms with Crippen LogP contribution >= 0.6 is 0 Å². The Balaban J connectivity index is 2.10. The maximum atomic E-state index is 12.9. The lowest BCUT2D eigenvalue weighted by molar-refractivity contribution is -0.139. The van der Waals surface area contributed by atoms with Gasteiger partial charge in [-0.2, -0.15) is 5.10 Å². The maximum absolute atomic E-state index is 12.9. The fourth-order valence-electron chi connectivity index (χ4n) is 3.59. The number of hydrogen-bond acceptors (Lipinski definition) is 6. The molecule has 2 aromatic heterocycles. The first-order chi connectivity index (χ1) is 13.3. The zero-order chi connectivity index (χ0) is 20.4. The second kappa shape index (κ2) is 7.93. The number of hydrogen-bond donors (Lipinski definition) is 2. The van der Waals surface area contributed by atoms with Crippen LogP contribution in [0.4, 0.5) is 0 Å². The van der Waals surface area contributed by atoms with E-state index in [0.29, 0.717) is 29.9 Å². The molecular formula is C20H25N5O3. The van der Waals surface area contributed by atoms with E-state index in [2.05, 4.69) is 15.2 Å². The first kappa shape index (κ1) is 19.8. The minimum absolute atomic E-state index is 0.0913. The minimum Gasteiger partial charge on any atom is -0.507 e. The number of rotatable bonds is 6. The normalized spacial score (nSPS) is 19.0. The Labute approximate surface area is 163 Å². The minimum atomic E-state index is -0.677. The molecular weight excluding hydrogens is 358 g/mol. The molecule has 3 rings (SSSR count). The van der Waals surface area contributed by atoms with Crippen molar-refractivity contribution < 1.29 is 14.7 Å². The Morgan fingerprint density at radius 2 is 1.93 bits per heavy atom. The Hall–Kier alpha value is -3.00. The van der Waals surface area contributed by atoms with E-state index in [0.717, 1.165) is 12.1 Å². The molecule has 148 valence electrons. The van der Waals surface area contributed by atoms with Crippen molar-refractivity contribution in [1.29, 1.82) is 0 Å². The van der Waals surface area contributed by atoms with E-state index >= 15 is 0 Å². The Kier molecular flexibility index (Phi) is 5.60. The van der Waals surface area contributed by atoms with Crippen molar-refractivity contribution in [3.05, 3.63) is 52.6 Å². The van der Waals surface area contributed by atoms with Crippen molar-refractivity contribution in [2.45, 2.75) is 26.3 Å². The number of aromatic nitrogens is 3. The van der Waals surface area contributed by atoms with E-state index in [1.165, 1.54) is 4.90 Å². The van der Waals surface area contributed by atoms with Crippen molar-refractivity contribution in [1.82, 2.24) is 25.0 Å². The van der Waals surface area contributed by atoms with Crippen LogP contribution in [0, 0.1) is 13.8 Å². The maximum Gasteiger partial charge on any atom is 0.295 e. The SMILES string of the molecule is Cc1n[nH]c(C)c1C(O)=C1C(=O)C(=O)N(CCCN(C)C)C1c1ccncc1. The van der Waals surface area contributed by atoms with E-state index in [1.807, 2.05) is 19.0 Å². The van der Waals surface area contributed by atoms with Crippen LogP contribution < -0.4 is 0 Å². The quantitative estimate of drug-likeness (QED) is 0.448. The molecule has 1 amide bonds. The number of aryl methyl sites for hydroxylation is 2. The topological polar surface area (TPSA) is 102 Å². The first-order valence-electron chi connectivity index (χ1n) is 9.18. The van der Waals surface area contributed by atoms with E-state index in [-0.39, 0.29) is 11.3 Å². The van der Waals surface area contributed by atoms with Crippen molar-refractivity contribution >= 4 is 17.4 Å². The molecule has 28 heavy (non-hydrogen) atoms. The third kappa shape index (κ3) is 3.55. The molecule has 0 spiro atoms. The van der Waals surface area contributed by atoms with Crippen molar-refractivity contribution in [2.75, 3.05) is 27.2 Å². The van der Waals surface area contributed by atoms with Gasteiger partial charge in [-0.1, -0.05) is 0 Å². The number of pyridine rings is 1. The zero-order valence-electron chi connectivity index (χ0n) is 16.6. The van der Waals surface area contributed by atoms with Crippen molar-refractivity contribution in [2.24, 2.45) is 0 Å². The second-order valence-corrected chi connectivity index (χ2v) is 7.24. The van der Waals surface area contributed by atoms with Gasteiger partial charge in [0, 0.05) is 24.6 Å². The van der Waals surface area contributed by atoms with Gasteiger partial charge in [0.2, 0.25) is 0 Å². The largest absolute Gasteiger partial charge is 0.507 e. The lowest BCUT2D eigenvalue weighted by Crippen LogP contribution is -2.32. The Bertz CT molecular complexity index is 898. The predicted molar refractivity (Wildman–Crippen MR) is 104 cm³/mol. The summed E-state index contributed by atoms with van der Waals surface area (Å²) >= 11 is 0. The Morgan fingerprint density at radius 1 is 1.25 bits per heavy atom. The molecule has 1 unspecified atom stereocenters. The highest BCUT2D eigenvalue weighted by Crippen LogP contribution is 2.39. The molecule has 2 N–H and O–H groups in total. The molecule has 8 heteroatoms. The van der Waals surface area contributed by atoms with Crippen LogP contribution in [0.2, 0.25) is 0 Å². The molecule has 1 saturated heterocycles. The zero-order valence-corrected chi connectivity index (χ0v) is 16.6. The summed E-state index contributed by atoms with van der Waals surface area (Å²) in [7, 11) is 3.91. The molecule has 0 aromatic carbocycles. The fraction of sp³-hybridized carbons (Fsp3) is 0.400. The number of carbonyl (C=O) groups excluding carboxylic acids is 2. The summed E-state index contributed by atoms with van der Waals surface area (Å²) in [5, 5.41) is 17.9. The van der Waals surface area contributed by atoms with Gasteiger partial charge in [0.05, 0.1) is 22.9 Å². The van der Waals surface area contributed by atoms with Crippen LogP contribution in [0.25, 0.3) is 5.76 Å². The number of ketones is 1. The summed E-state index contributed by atoms with van der Waals surface area (Å²) in [5.74, 6) is -1.47. The van der Waals surface area contributed by atoms with Crippen LogP contribution in [0.1, 0.15) is 35.0 Å². The highest BCUT2D eigenvalue weighted by atomic mass is 16.3. The summed E-state index contributed by atoms with van der Waals surface area (Å²) in [4.78, 5) is 33.3. The van der Waals surface area contributed by atoms with Crippen molar-refractivity contribution in [3.63, 3.8) is 0 Å². The number of amides is 1. The van der Waals surface area contributed by atoms with Gasteiger partial charge in [0.1, 0.15) is 5.76 Å². The number of Topliss-reactive ketones (excluding diaryl/α,β-unsaturated/α-hetero) is 1. The van der Waals surface area contributed by atoms with Gasteiger partial charge in [-0.3, -0.25) is 19.7 Å². The number of carbonyl (C=O) groups is 2. The van der Waals surface area contributed by atoms with Crippen LogP contribution in [0.5, 0.6) is 0 Å². The van der Waals surface area contributed by atoms with Crippen LogP contribution in [-0.4, -0.2) is 69.0 Å². The summed E-state index contributed by atoms with van der Waals surface area (Å²) in [6, 6.07) is 2.87. The molecule has 1 atom stereocenters. The molecule has 3 heterocycles. The molecule has 1 aliphatic rings. The standard InChI is InChI=1S/C20H25N5O3/c1-12-15(13(2)23-22-12)18(26)16-17(14-6-8-21-9-7-14)25(20(28)19(16)27)11-5-10-24(3)4/h6-9,17,26H,5,10-11H2,1-4H3,(H,22,23). The van der Waals surface area contributed by atoms with Gasteiger partial charge in [-0.25, -0.2) is 0 Å². The monoisotopic (exact) mass is 383 g/mol. The van der Waals surface area contributed by atoms with Gasteiger partial charge in [0.15, 0.2) is 0 Å². The van der Waals surface area contributed by atoms with Crippen molar-refractivity contribution in [3.8, 4) is 0 Å². The summed E-state index contributed by atoms with van der Waals surface area (Å²) in [6.45, 7) is 4.71. The third-order valence-electron chi connectivity index (χ3n) is 4.93. The first-order valence-corrected chi connectivity index (χ1v) is 9.18. The smallest absolute Gasteiger partial charge is 0.295 e. The van der Waals surface area contributed by atoms with E-state index < -0.39 is 17.7 Å². The molecule has 0 aliphatic carbocycles. The average Bonchev–Trinajstić information content (AvgIpc) is 3.12. The van der Waals surface area contributed by atoms with Crippen LogP contribution in [0.3, 0.4) is 0 Å². The number of H-pyrrole nitrogens is 1. The molecule has 0 saturated carbocycles. The summed E-state index contributed by atoms with van der Waals surface area (Å²) in [5.41, 5.74) is 2.50. The van der Waals surface area contributed by atoms with Gasteiger partial charge in [0.25, 0.3) is 11.7 Å². The third-order valence-corrected chi connectivity index (χ3v) is 4.93. The Morgan fingerprint density at radius 3 is 2.50 bits per heavy atom. The number of nitrogens with zero attached hydrogens (tertiary/aromatic N) is 4. The number of nitrogens with one attached hydrogen (secondary N) is 1.